The smallest absolute Gasteiger partial charge is 0.260 e. The number of rotatable bonds is 5. The fourth-order valence-corrected chi connectivity index (χ4v) is 4.01. The first-order valence-electron chi connectivity index (χ1n) is 10.6. The summed E-state index contributed by atoms with van der Waals surface area (Å²) in [6, 6.07) is 20.5. The largest absolute Gasteiger partial charge is 0.484 e. The molecule has 1 amide bonds. The van der Waals surface area contributed by atoms with E-state index in [2.05, 4.69) is 9.88 Å². The van der Waals surface area contributed by atoms with Crippen molar-refractivity contribution in [1.29, 1.82) is 0 Å². The number of halogens is 1. The van der Waals surface area contributed by atoms with E-state index in [1.54, 1.807) is 40.1 Å². The monoisotopic (exact) mass is 430 g/mol. The van der Waals surface area contributed by atoms with E-state index >= 15 is 0 Å². The number of carbonyl (C=O) groups excluding carboxylic acids is 1. The fraction of sp³-hybridized carbons (Fsp3) is 0.200. The predicted molar refractivity (Wildman–Crippen MR) is 122 cm³/mol. The molecule has 3 aromatic carbocycles. The molecule has 162 valence electrons. The van der Waals surface area contributed by atoms with Crippen molar-refractivity contribution >= 4 is 22.6 Å². The summed E-state index contributed by atoms with van der Waals surface area (Å²) in [6.07, 6.45) is 3.42. The maximum absolute atomic E-state index is 14.2. The van der Waals surface area contributed by atoms with Crippen LogP contribution in [0.1, 0.15) is 0 Å². The number of carbonyl (C=O) groups is 1. The Hall–Kier alpha value is -3.87. The molecule has 0 unspecified atom stereocenters. The number of hydrogen-bond donors (Lipinski definition) is 0. The summed E-state index contributed by atoms with van der Waals surface area (Å²) in [4.78, 5) is 21.0. The zero-order valence-corrected chi connectivity index (χ0v) is 17.5. The minimum absolute atomic E-state index is 0.00218. The Kier molecular flexibility index (Phi) is 5.46. The van der Waals surface area contributed by atoms with Gasteiger partial charge in [0.05, 0.1) is 5.69 Å². The Morgan fingerprint density at radius 1 is 0.938 bits per heavy atom. The van der Waals surface area contributed by atoms with Gasteiger partial charge in [-0.2, -0.15) is 0 Å². The molecule has 1 aromatic heterocycles. The number of para-hydroxylation sites is 1. The highest BCUT2D eigenvalue weighted by Gasteiger charge is 2.24. The summed E-state index contributed by atoms with van der Waals surface area (Å²) in [5.74, 6) is 1.01. The van der Waals surface area contributed by atoms with Crippen LogP contribution in [0.25, 0.3) is 16.5 Å². The number of aromatic nitrogens is 2. The first-order chi connectivity index (χ1) is 15.7. The third-order valence-electron chi connectivity index (χ3n) is 5.73. The van der Waals surface area contributed by atoms with Crippen LogP contribution in [0.2, 0.25) is 0 Å². The number of piperazine rings is 1. The molecule has 1 saturated heterocycles. The zero-order valence-electron chi connectivity index (χ0n) is 17.5. The maximum atomic E-state index is 14.2. The van der Waals surface area contributed by atoms with Crippen molar-refractivity contribution in [2.45, 2.75) is 0 Å². The number of fused-ring (bicyclic) bond motifs is 1. The summed E-state index contributed by atoms with van der Waals surface area (Å²) in [5, 5.41) is 2.22. The lowest BCUT2D eigenvalue weighted by atomic mass is 10.1. The average molecular weight is 430 g/mol. The van der Waals surface area contributed by atoms with Crippen LogP contribution in [-0.2, 0) is 4.79 Å². The van der Waals surface area contributed by atoms with Crippen molar-refractivity contribution in [1.82, 2.24) is 14.5 Å². The molecule has 0 saturated carbocycles. The predicted octanol–water partition coefficient (Wildman–Crippen LogP) is 3.89. The molecular weight excluding hydrogens is 407 g/mol. The highest BCUT2D eigenvalue weighted by molar-refractivity contribution is 5.84. The molecule has 6 nitrogen and oxygen atoms in total. The number of anilines is 1. The van der Waals surface area contributed by atoms with Gasteiger partial charge in [-0.25, -0.2) is 9.37 Å². The summed E-state index contributed by atoms with van der Waals surface area (Å²) in [5.41, 5.74) is 0.460. The van der Waals surface area contributed by atoms with Crippen molar-refractivity contribution in [2.75, 3.05) is 37.7 Å². The zero-order chi connectivity index (χ0) is 21.9. The fourth-order valence-electron chi connectivity index (χ4n) is 4.01. The number of imidazole rings is 1. The highest BCUT2D eigenvalue weighted by Crippen LogP contribution is 2.23. The van der Waals surface area contributed by atoms with Gasteiger partial charge < -0.3 is 14.5 Å². The van der Waals surface area contributed by atoms with Gasteiger partial charge in [-0.05, 0) is 35.0 Å². The van der Waals surface area contributed by atoms with E-state index in [1.807, 2.05) is 42.5 Å². The minimum Gasteiger partial charge on any atom is -0.484 e. The third-order valence-corrected chi connectivity index (χ3v) is 5.73. The van der Waals surface area contributed by atoms with Crippen LogP contribution in [0, 0.1) is 5.82 Å². The molecule has 0 aliphatic carbocycles. The van der Waals surface area contributed by atoms with Gasteiger partial charge in [-0.3, -0.25) is 9.36 Å². The molecular formula is C25H23FN4O2. The van der Waals surface area contributed by atoms with Crippen LogP contribution in [-0.4, -0.2) is 53.1 Å². The number of amides is 1. The van der Waals surface area contributed by atoms with Crippen molar-refractivity contribution in [3.63, 3.8) is 0 Å². The SMILES string of the molecule is O=C(COc1ccc2ccccc2c1)N1CCN(c2nccn2-c2ccccc2F)CC1. The van der Waals surface area contributed by atoms with Gasteiger partial charge in [-0.1, -0.05) is 42.5 Å². The maximum Gasteiger partial charge on any atom is 0.260 e. The van der Waals surface area contributed by atoms with Crippen molar-refractivity contribution in [3.8, 4) is 11.4 Å². The van der Waals surface area contributed by atoms with E-state index < -0.39 is 0 Å². The topological polar surface area (TPSA) is 50.6 Å². The van der Waals surface area contributed by atoms with Gasteiger partial charge in [0.15, 0.2) is 6.61 Å². The van der Waals surface area contributed by atoms with Crippen molar-refractivity contribution < 1.29 is 13.9 Å². The van der Waals surface area contributed by atoms with E-state index in [1.165, 1.54) is 6.07 Å². The molecule has 0 N–H and O–H groups in total. The standard InChI is InChI=1S/C25H23FN4O2/c26-22-7-3-4-8-23(22)30-12-11-27-25(30)29-15-13-28(14-16-29)24(31)18-32-21-10-9-19-5-1-2-6-20(19)17-21/h1-12,17H,13-16,18H2. The second kappa shape index (κ2) is 8.70. The van der Waals surface area contributed by atoms with Crippen LogP contribution >= 0.6 is 0 Å². The van der Waals surface area contributed by atoms with Crippen molar-refractivity contribution in [2.24, 2.45) is 0 Å². The highest BCUT2D eigenvalue weighted by atomic mass is 19.1. The number of nitrogens with zero attached hydrogens (tertiary/aromatic N) is 4. The summed E-state index contributed by atoms with van der Waals surface area (Å²) in [7, 11) is 0. The Bertz CT molecular complexity index is 1250. The van der Waals surface area contributed by atoms with Crippen LogP contribution in [0.15, 0.2) is 79.1 Å². The Morgan fingerprint density at radius 2 is 1.69 bits per heavy atom. The second-order valence-electron chi connectivity index (χ2n) is 7.71. The molecule has 0 radical (unpaired) electrons. The van der Waals surface area contributed by atoms with Gasteiger partial charge in [0.25, 0.3) is 5.91 Å². The van der Waals surface area contributed by atoms with E-state index in [4.69, 9.17) is 4.74 Å². The quantitative estimate of drug-likeness (QED) is 0.482. The molecule has 7 heteroatoms. The Balaban J connectivity index is 1.19. The average Bonchev–Trinajstić information content (AvgIpc) is 3.32. The van der Waals surface area contributed by atoms with Crippen LogP contribution in [0.3, 0.4) is 0 Å². The number of benzene rings is 3. The third kappa shape index (κ3) is 4.01. The lowest BCUT2D eigenvalue weighted by molar-refractivity contribution is -0.133. The number of ether oxygens (including phenoxy) is 1. The second-order valence-corrected chi connectivity index (χ2v) is 7.71. The normalized spacial score (nSPS) is 14.0. The first-order valence-corrected chi connectivity index (χ1v) is 10.6. The van der Waals surface area contributed by atoms with Crippen LogP contribution in [0.4, 0.5) is 10.3 Å². The number of hydrogen-bond acceptors (Lipinski definition) is 4. The van der Waals surface area contributed by atoms with E-state index in [0.29, 0.717) is 43.6 Å². The lowest BCUT2D eigenvalue weighted by Gasteiger charge is -2.35. The molecule has 0 atom stereocenters. The van der Waals surface area contributed by atoms with E-state index in [9.17, 15) is 9.18 Å². The van der Waals surface area contributed by atoms with E-state index in [-0.39, 0.29) is 18.3 Å². The summed E-state index contributed by atoms with van der Waals surface area (Å²) < 4.78 is 21.7. The van der Waals surface area contributed by atoms with E-state index in [0.717, 1.165) is 10.8 Å². The molecule has 0 bridgehead atoms. The van der Waals surface area contributed by atoms with Gasteiger partial charge in [-0.15, -0.1) is 0 Å². The van der Waals surface area contributed by atoms with Gasteiger partial charge in [0, 0.05) is 38.6 Å². The molecule has 1 fully saturated rings. The molecule has 5 rings (SSSR count). The minimum atomic E-state index is -0.300. The first kappa shape index (κ1) is 20.1. The van der Waals surface area contributed by atoms with Crippen molar-refractivity contribution in [3.05, 3.63) is 84.9 Å². The molecule has 2 heterocycles. The van der Waals surface area contributed by atoms with Gasteiger partial charge in [0.1, 0.15) is 11.6 Å². The molecule has 1 aliphatic rings. The molecule has 1 aliphatic heterocycles. The van der Waals surface area contributed by atoms with Crippen LogP contribution < -0.4 is 9.64 Å². The summed E-state index contributed by atoms with van der Waals surface area (Å²) in [6.45, 7) is 2.36. The Morgan fingerprint density at radius 3 is 2.50 bits per heavy atom. The summed E-state index contributed by atoms with van der Waals surface area (Å²) >= 11 is 0. The molecule has 32 heavy (non-hydrogen) atoms. The lowest BCUT2D eigenvalue weighted by Crippen LogP contribution is -2.50. The van der Waals surface area contributed by atoms with Crippen LogP contribution in [0.5, 0.6) is 5.75 Å². The molecule has 0 spiro atoms. The Labute approximate surface area is 185 Å². The molecule has 4 aromatic rings. The van der Waals surface area contributed by atoms with Gasteiger partial charge in [0.2, 0.25) is 5.95 Å². The van der Waals surface area contributed by atoms with Gasteiger partial charge >= 0.3 is 0 Å².